The van der Waals surface area contributed by atoms with Crippen LogP contribution in [0.2, 0.25) is 0 Å². The lowest BCUT2D eigenvalue weighted by molar-refractivity contribution is 0.379. The summed E-state index contributed by atoms with van der Waals surface area (Å²) in [7, 11) is 1.49. The standard InChI is InChI=1S/C13H15FN4O/c1-4-15-12-16-11(17-13(18-12)19-3)10-6-5-9(14)7-8(10)2/h5-7H,4H2,1-3H3,(H,15,16,17,18). The zero-order valence-electron chi connectivity index (χ0n) is 11.1. The van der Waals surface area contributed by atoms with E-state index in [0.717, 1.165) is 11.1 Å². The molecule has 0 atom stereocenters. The van der Waals surface area contributed by atoms with Crippen molar-refractivity contribution in [1.29, 1.82) is 0 Å². The van der Waals surface area contributed by atoms with Crippen molar-refractivity contribution in [1.82, 2.24) is 15.0 Å². The third-order valence-corrected chi connectivity index (χ3v) is 2.56. The quantitative estimate of drug-likeness (QED) is 0.917. The van der Waals surface area contributed by atoms with Gasteiger partial charge in [0.25, 0.3) is 0 Å². The van der Waals surface area contributed by atoms with Crippen molar-refractivity contribution >= 4 is 5.95 Å². The minimum atomic E-state index is -0.283. The summed E-state index contributed by atoms with van der Waals surface area (Å²) in [6.45, 7) is 4.44. The molecule has 100 valence electrons. The Balaban J connectivity index is 2.51. The van der Waals surface area contributed by atoms with Gasteiger partial charge in [-0.3, -0.25) is 0 Å². The summed E-state index contributed by atoms with van der Waals surface area (Å²) >= 11 is 0. The van der Waals surface area contributed by atoms with E-state index in [1.165, 1.54) is 19.2 Å². The summed E-state index contributed by atoms with van der Waals surface area (Å²) in [4.78, 5) is 12.6. The molecular formula is C13H15FN4O. The van der Waals surface area contributed by atoms with Gasteiger partial charge in [0.2, 0.25) is 5.95 Å². The van der Waals surface area contributed by atoms with Gasteiger partial charge in [-0.2, -0.15) is 15.0 Å². The Kier molecular flexibility index (Phi) is 3.89. The molecule has 0 spiro atoms. The molecule has 1 heterocycles. The number of benzene rings is 1. The highest BCUT2D eigenvalue weighted by molar-refractivity contribution is 5.61. The molecule has 6 heteroatoms. The van der Waals surface area contributed by atoms with Crippen LogP contribution in [0, 0.1) is 12.7 Å². The first-order valence-electron chi connectivity index (χ1n) is 5.94. The zero-order chi connectivity index (χ0) is 13.8. The molecule has 2 aromatic rings. The summed E-state index contributed by atoms with van der Waals surface area (Å²) in [6, 6.07) is 4.70. The Morgan fingerprint density at radius 1 is 1.26 bits per heavy atom. The van der Waals surface area contributed by atoms with E-state index in [2.05, 4.69) is 20.3 Å². The van der Waals surface area contributed by atoms with Crippen molar-refractivity contribution in [2.45, 2.75) is 13.8 Å². The van der Waals surface area contributed by atoms with Gasteiger partial charge in [0, 0.05) is 12.1 Å². The number of aromatic nitrogens is 3. The van der Waals surface area contributed by atoms with Crippen LogP contribution < -0.4 is 10.1 Å². The van der Waals surface area contributed by atoms with Gasteiger partial charge in [0.05, 0.1) is 7.11 Å². The topological polar surface area (TPSA) is 59.9 Å². The van der Waals surface area contributed by atoms with Crippen LogP contribution in [0.5, 0.6) is 6.01 Å². The van der Waals surface area contributed by atoms with Gasteiger partial charge < -0.3 is 10.1 Å². The van der Waals surface area contributed by atoms with E-state index in [4.69, 9.17) is 4.74 Å². The largest absolute Gasteiger partial charge is 0.467 e. The molecule has 0 radical (unpaired) electrons. The fraction of sp³-hybridized carbons (Fsp3) is 0.308. The maximum Gasteiger partial charge on any atom is 0.321 e. The first kappa shape index (κ1) is 13.2. The van der Waals surface area contributed by atoms with E-state index < -0.39 is 0 Å². The highest BCUT2D eigenvalue weighted by atomic mass is 19.1. The third kappa shape index (κ3) is 2.96. The smallest absolute Gasteiger partial charge is 0.321 e. The van der Waals surface area contributed by atoms with Crippen LogP contribution in [-0.4, -0.2) is 28.6 Å². The molecule has 0 fully saturated rings. The molecule has 0 unspecified atom stereocenters. The molecule has 5 nitrogen and oxygen atoms in total. The van der Waals surface area contributed by atoms with Crippen molar-refractivity contribution in [3.05, 3.63) is 29.6 Å². The number of methoxy groups -OCH3 is 1. The summed E-state index contributed by atoms with van der Waals surface area (Å²) < 4.78 is 18.2. The van der Waals surface area contributed by atoms with Crippen molar-refractivity contribution in [2.24, 2.45) is 0 Å². The van der Waals surface area contributed by atoms with E-state index in [1.54, 1.807) is 6.07 Å². The van der Waals surface area contributed by atoms with Crippen LogP contribution >= 0.6 is 0 Å². The molecule has 2 rings (SSSR count). The van der Waals surface area contributed by atoms with Gasteiger partial charge in [-0.15, -0.1) is 0 Å². The van der Waals surface area contributed by atoms with Gasteiger partial charge in [-0.1, -0.05) is 0 Å². The Bertz CT molecular complexity index is 589. The first-order chi connectivity index (χ1) is 9.13. The molecule has 0 amide bonds. The molecule has 0 aliphatic rings. The van der Waals surface area contributed by atoms with E-state index in [-0.39, 0.29) is 11.8 Å². The molecule has 1 aromatic carbocycles. The van der Waals surface area contributed by atoms with E-state index >= 15 is 0 Å². The van der Waals surface area contributed by atoms with Crippen LogP contribution in [0.25, 0.3) is 11.4 Å². The van der Waals surface area contributed by atoms with Gasteiger partial charge in [-0.05, 0) is 37.6 Å². The lowest BCUT2D eigenvalue weighted by Crippen LogP contribution is -2.06. The van der Waals surface area contributed by atoms with Crippen LogP contribution in [0.4, 0.5) is 10.3 Å². The van der Waals surface area contributed by atoms with Gasteiger partial charge >= 0.3 is 6.01 Å². The van der Waals surface area contributed by atoms with E-state index in [1.807, 2.05) is 13.8 Å². The Morgan fingerprint density at radius 3 is 2.68 bits per heavy atom. The lowest BCUT2D eigenvalue weighted by atomic mass is 10.1. The summed E-state index contributed by atoms with van der Waals surface area (Å²) in [5.41, 5.74) is 1.51. The molecule has 1 aromatic heterocycles. The molecule has 0 bridgehead atoms. The fourth-order valence-corrected chi connectivity index (χ4v) is 1.68. The lowest BCUT2D eigenvalue weighted by Gasteiger charge is -2.08. The number of hydrogen-bond acceptors (Lipinski definition) is 5. The molecule has 0 saturated heterocycles. The minimum Gasteiger partial charge on any atom is -0.467 e. The van der Waals surface area contributed by atoms with Crippen LogP contribution in [0.3, 0.4) is 0 Å². The third-order valence-electron chi connectivity index (χ3n) is 2.56. The number of aryl methyl sites for hydroxylation is 1. The second-order valence-electron chi connectivity index (χ2n) is 3.96. The number of hydrogen-bond donors (Lipinski definition) is 1. The van der Waals surface area contributed by atoms with Crippen LogP contribution in [0.15, 0.2) is 18.2 Å². The van der Waals surface area contributed by atoms with E-state index in [9.17, 15) is 4.39 Å². The molecule has 0 saturated carbocycles. The van der Waals surface area contributed by atoms with Crippen molar-refractivity contribution in [2.75, 3.05) is 19.0 Å². The highest BCUT2D eigenvalue weighted by Crippen LogP contribution is 2.22. The number of halogens is 1. The second kappa shape index (κ2) is 5.60. The maximum atomic E-state index is 13.1. The van der Waals surface area contributed by atoms with Crippen LogP contribution in [-0.2, 0) is 0 Å². The van der Waals surface area contributed by atoms with Crippen LogP contribution in [0.1, 0.15) is 12.5 Å². The summed E-state index contributed by atoms with van der Waals surface area (Å²) in [6.07, 6.45) is 0. The van der Waals surface area contributed by atoms with Crippen molar-refractivity contribution < 1.29 is 9.13 Å². The summed E-state index contributed by atoms with van der Waals surface area (Å²) in [5.74, 6) is 0.613. The average Bonchev–Trinajstić information content (AvgIpc) is 2.38. The normalized spacial score (nSPS) is 10.3. The Hall–Kier alpha value is -2.24. The Morgan fingerprint density at radius 2 is 2.05 bits per heavy atom. The number of nitrogens with one attached hydrogen (secondary N) is 1. The average molecular weight is 262 g/mol. The predicted molar refractivity (Wildman–Crippen MR) is 70.7 cm³/mol. The Labute approximate surface area is 110 Å². The molecule has 0 aliphatic heterocycles. The first-order valence-corrected chi connectivity index (χ1v) is 5.94. The van der Waals surface area contributed by atoms with Crippen molar-refractivity contribution in [3.63, 3.8) is 0 Å². The number of ether oxygens (including phenoxy) is 1. The molecule has 0 aliphatic carbocycles. The number of rotatable bonds is 4. The predicted octanol–water partition coefficient (Wildman–Crippen LogP) is 2.43. The molecule has 19 heavy (non-hydrogen) atoms. The highest BCUT2D eigenvalue weighted by Gasteiger charge is 2.11. The zero-order valence-corrected chi connectivity index (χ0v) is 11.1. The number of nitrogens with zero attached hydrogens (tertiary/aromatic N) is 3. The monoisotopic (exact) mass is 262 g/mol. The van der Waals surface area contributed by atoms with Gasteiger partial charge in [-0.25, -0.2) is 4.39 Å². The van der Waals surface area contributed by atoms with Gasteiger partial charge in [0.15, 0.2) is 5.82 Å². The molecular weight excluding hydrogens is 247 g/mol. The molecule has 1 N–H and O–H groups in total. The summed E-state index contributed by atoms with van der Waals surface area (Å²) in [5, 5.41) is 3.01. The minimum absolute atomic E-state index is 0.227. The van der Waals surface area contributed by atoms with Crippen molar-refractivity contribution in [3.8, 4) is 17.4 Å². The maximum absolute atomic E-state index is 13.1. The number of anilines is 1. The van der Waals surface area contributed by atoms with Gasteiger partial charge in [0.1, 0.15) is 5.82 Å². The van der Waals surface area contributed by atoms with E-state index in [0.29, 0.717) is 18.3 Å². The SMILES string of the molecule is CCNc1nc(OC)nc(-c2ccc(F)cc2C)n1. The fourth-order valence-electron chi connectivity index (χ4n) is 1.68. The second-order valence-corrected chi connectivity index (χ2v) is 3.96.